The Labute approximate surface area is 133 Å². The van der Waals surface area contributed by atoms with Crippen LogP contribution in [0.2, 0.25) is 0 Å². The number of benzene rings is 1. The number of piperidine rings is 1. The molecule has 4 rings (SSSR count). The maximum Gasteiger partial charge on any atom is 0.140 e. The molecule has 5 heteroatoms. The van der Waals surface area contributed by atoms with E-state index in [1.807, 2.05) is 30.3 Å². The number of anilines is 1. The third-order valence-corrected chi connectivity index (χ3v) is 4.85. The first-order valence-electron chi connectivity index (χ1n) is 7.55. The Bertz CT molecular complexity index is 751. The smallest absolute Gasteiger partial charge is 0.140 e. The van der Waals surface area contributed by atoms with Crippen molar-refractivity contribution in [1.29, 1.82) is 0 Å². The van der Waals surface area contributed by atoms with E-state index in [4.69, 9.17) is 4.74 Å². The van der Waals surface area contributed by atoms with Gasteiger partial charge in [-0.05, 0) is 23.6 Å². The highest BCUT2D eigenvalue weighted by molar-refractivity contribution is 7.16. The van der Waals surface area contributed by atoms with E-state index < -0.39 is 0 Å². The molecule has 1 fully saturated rings. The van der Waals surface area contributed by atoms with E-state index in [2.05, 4.69) is 26.3 Å². The molecule has 1 saturated heterocycles. The Morgan fingerprint density at radius 3 is 2.68 bits per heavy atom. The Morgan fingerprint density at radius 2 is 1.86 bits per heavy atom. The van der Waals surface area contributed by atoms with Gasteiger partial charge in [0.05, 0.1) is 5.39 Å². The second-order valence-corrected chi connectivity index (χ2v) is 6.35. The van der Waals surface area contributed by atoms with Gasteiger partial charge in [0, 0.05) is 25.9 Å². The van der Waals surface area contributed by atoms with Gasteiger partial charge in [0.2, 0.25) is 0 Å². The fourth-order valence-electron chi connectivity index (χ4n) is 2.91. The Morgan fingerprint density at radius 1 is 1.05 bits per heavy atom. The van der Waals surface area contributed by atoms with E-state index in [0.29, 0.717) is 6.10 Å². The van der Waals surface area contributed by atoms with Crippen molar-refractivity contribution in [3.63, 3.8) is 0 Å². The molecule has 0 spiro atoms. The number of nitrogens with zero attached hydrogens (tertiary/aromatic N) is 3. The molecule has 3 heterocycles. The molecule has 1 aromatic carbocycles. The Kier molecular flexibility index (Phi) is 3.64. The summed E-state index contributed by atoms with van der Waals surface area (Å²) in [7, 11) is 0. The zero-order valence-electron chi connectivity index (χ0n) is 12.2. The van der Waals surface area contributed by atoms with Crippen LogP contribution in [0.25, 0.3) is 10.2 Å². The molecule has 2 aromatic heterocycles. The molecule has 0 aliphatic carbocycles. The maximum absolute atomic E-state index is 6.05. The summed E-state index contributed by atoms with van der Waals surface area (Å²) in [5, 5.41) is 3.24. The number of hydrogen-bond acceptors (Lipinski definition) is 5. The zero-order valence-corrected chi connectivity index (χ0v) is 13.0. The van der Waals surface area contributed by atoms with Crippen molar-refractivity contribution >= 4 is 27.4 Å². The van der Waals surface area contributed by atoms with Gasteiger partial charge in [-0.15, -0.1) is 11.3 Å². The average Bonchev–Trinajstić information content (AvgIpc) is 3.05. The molecule has 0 bridgehead atoms. The molecular weight excluding hydrogens is 294 g/mol. The van der Waals surface area contributed by atoms with Gasteiger partial charge in [-0.1, -0.05) is 18.2 Å². The average molecular weight is 311 g/mol. The summed E-state index contributed by atoms with van der Waals surface area (Å²) in [4.78, 5) is 12.2. The lowest BCUT2D eigenvalue weighted by atomic mass is 10.1. The normalized spacial score (nSPS) is 16.1. The second-order valence-electron chi connectivity index (χ2n) is 5.45. The number of fused-ring (bicyclic) bond motifs is 1. The quantitative estimate of drug-likeness (QED) is 0.738. The fraction of sp³-hybridized carbons (Fsp3) is 0.294. The summed E-state index contributed by atoms with van der Waals surface area (Å²) in [5.74, 6) is 2.02. The molecule has 22 heavy (non-hydrogen) atoms. The van der Waals surface area contributed by atoms with E-state index in [1.165, 1.54) is 0 Å². The molecule has 112 valence electrons. The van der Waals surface area contributed by atoms with E-state index in [9.17, 15) is 0 Å². The third kappa shape index (κ3) is 2.64. The van der Waals surface area contributed by atoms with Crippen molar-refractivity contribution in [2.75, 3.05) is 18.0 Å². The molecule has 4 nitrogen and oxygen atoms in total. The van der Waals surface area contributed by atoms with Crippen LogP contribution in [0.1, 0.15) is 12.8 Å². The molecular formula is C17H17N3OS. The van der Waals surface area contributed by atoms with Gasteiger partial charge in [-0.25, -0.2) is 9.97 Å². The molecule has 1 aliphatic rings. The van der Waals surface area contributed by atoms with Crippen LogP contribution in [0.4, 0.5) is 5.82 Å². The molecule has 0 unspecified atom stereocenters. The van der Waals surface area contributed by atoms with E-state index in [-0.39, 0.29) is 0 Å². The summed E-state index contributed by atoms with van der Waals surface area (Å²) in [6.45, 7) is 1.94. The van der Waals surface area contributed by atoms with Gasteiger partial charge >= 0.3 is 0 Å². The third-order valence-electron chi connectivity index (χ3n) is 4.03. The molecule has 0 atom stereocenters. The number of hydrogen-bond donors (Lipinski definition) is 0. The van der Waals surface area contributed by atoms with Gasteiger partial charge in [-0.2, -0.15) is 0 Å². The molecule has 3 aromatic rings. The molecule has 1 aliphatic heterocycles. The van der Waals surface area contributed by atoms with Gasteiger partial charge < -0.3 is 9.64 Å². The van der Waals surface area contributed by atoms with Crippen molar-refractivity contribution < 1.29 is 4.74 Å². The maximum atomic E-state index is 6.05. The Hall–Kier alpha value is -2.14. The van der Waals surface area contributed by atoms with Gasteiger partial charge in [0.15, 0.2) is 0 Å². The summed E-state index contributed by atoms with van der Waals surface area (Å²) in [6.07, 6.45) is 3.99. The number of thiophene rings is 1. The lowest BCUT2D eigenvalue weighted by Crippen LogP contribution is -2.38. The summed E-state index contributed by atoms with van der Waals surface area (Å²) >= 11 is 1.67. The first kappa shape index (κ1) is 13.5. The van der Waals surface area contributed by atoms with Crippen LogP contribution in [0.5, 0.6) is 5.75 Å². The van der Waals surface area contributed by atoms with Gasteiger partial charge in [-0.3, -0.25) is 0 Å². The van der Waals surface area contributed by atoms with Gasteiger partial charge in [0.25, 0.3) is 0 Å². The first-order chi connectivity index (χ1) is 10.9. The van der Waals surface area contributed by atoms with Crippen molar-refractivity contribution in [3.8, 4) is 5.75 Å². The van der Waals surface area contributed by atoms with Crippen molar-refractivity contribution in [2.45, 2.75) is 18.9 Å². The van der Waals surface area contributed by atoms with Crippen LogP contribution in [0.3, 0.4) is 0 Å². The monoisotopic (exact) mass is 311 g/mol. The van der Waals surface area contributed by atoms with Gasteiger partial charge in [0.1, 0.15) is 28.8 Å². The standard InChI is InChI=1S/C17H17N3OS/c1-2-4-13(5-3-1)21-14-6-9-20(10-7-14)16-15-8-11-22-17(15)19-12-18-16/h1-5,8,11-12,14H,6-7,9-10H2. The fourth-order valence-corrected chi connectivity index (χ4v) is 3.63. The van der Waals surface area contributed by atoms with Crippen LogP contribution in [0, 0.1) is 0 Å². The van der Waals surface area contributed by atoms with Crippen LogP contribution >= 0.6 is 11.3 Å². The van der Waals surface area contributed by atoms with Crippen LogP contribution in [0.15, 0.2) is 48.1 Å². The van der Waals surface area contributed by atoms with E-state index in [1.54, 1.807) is 17.7 Å². The molecule has 0 radical (unpaired) electrons. The van der Waals surface area contributed by atoms with Crippen molar-refractivity contribution in [2.24, 2.45) is 0 Å². The SMILES string of the molecule is c1ccc(OC2CCN(c3ncnc4sccc34)CC2)cc1. The summed E-state index contributed by atoms with van der Waals surface area (Å²) in [5.41, 5.74) is 0. The highest BCUT2D eigenvalue weighted by atomic mass is 32.1. The number of rotatable bonds is 3. The Balaban J connectivity index is 1.45. The highest BCUT2D eigenvalue weighted by Gasteiger charge is 2.23. The number of aromatic nitrogens is 2. The predicted molar refractivity (Wildman–Crippen MR) is 89.7 cm³/mol. The van der Waals surface area contributed by atoms with Crippen molar-refractivity contribution in [3.05, 3.63) is 48.1 Å². The van der Waals surface area contributed by atoms with Crippen LogP contribution < -0.4 is 9.64 Å². The minimum atomic E-state index is 0.290. The molecule has 0 N–H and O–H groups in total. The first-order valence-corrected chi connectivity index (χ1v) is 8.43. The number of ether oxygens (including phenoxy) is 1. The highest BCUT2D eigenvalue weighted by Crippen LogP contribution is 2.29. The van der Waals surface area contributed by atoms with E-state index >= 15 is 0 Å². The lowest BCUT2D eigenvalue weighted by molar-refractivity contribution is 0.171. The zero-order chi connectivity index (χ0) is 14.8. The lowest BCUT2D eigenvalue weighted by Gasteiger charge is -2.33. The minimum absolute atomic E-state index is 0.290. The molecule has 0 saturated carbocycles. The topological polar surface area (TPSA) is 38.2 Å². The number of para-hydroxylation sites is 1. The predicted octanol–water partition coefficient (Wildman–Crippen LogP) is 3.74. The van der Waals surface area contributed by atoms with Crippen LogP contribution in [-0.2, 0) is 0 Å². The largest absolute Gasteiger partial charge is 0.490 e. The second kappa shape index (κ2) is 5.93. The summed E-state index contributed by atoms with van der Waals surface area (Å²) < 4.78 is 6.05. The summed E-state index contributed by atoms with van der Waals surface area (Å²) in [6, 6.07) is 12.2. The minimum Gasteiger partial charge on any atom is -0.490 e. The van der Waals surface area contributed by atoms with Crippen molar-refractivity contribution in [1.82, 2.24) is 9.97 Å². The van der Waals surface area contributed by atoms with Crippen LogP contribution in [-0.4, -0.2) is 29.2 Å². The molecule has 0 amide bonds. The van der Waals surface area contributed by atoms with E-state index in [0.717, 1.165) is 47.7 Å².